The minimum Gasteiger partial charge on any atom is -0.261 e. The SMILES string of the molecule is CCCNP(=N[P+](N=P(C)(N(C)C)N(C)C)(N=P(N(C)C)(N(C)C)N(C)C)N=P(N(C)C)(N(C)C)N(C)C)(N(C)C)N(C)C. The van der Waals surface area contributed by atoms with E-state index in [0.717, 1.165) is 13.0 Å². The molecule has 0 aliphatic carbocycles. The van der Waals surface area contributed by atoms with Gasteiger partial charge in [0.15, 0.2) is 0 Å². The van der Waals surface area contributed by atoms with Crippen molar-refractivity contribution in [1.29, 1.82) is 0 Å². The number of hydrogen-bond donors (Lipinski definition) is 1. The maximum atomic E-state index is 6.03. The van der Waals surface area contributed by atoms with Crippen molar-refractivity contribution in [3.05, 3.63) is 0 Å². The van der Waals surface area contributed by atoms with Crippen LogP contribution < -0.4 is 5.09 Å². The van der Waals surface area contributed by atoms with E-state index in [1.165, 1.54) is 0 Å². The predicted octanol–water partition coefficient (Wildman–Crippen LogP) is 5.78. The van der Waals surface area contributed by atoms with E-state index in [2.05, 4.69) is 206 Å². The Balaban J connectivity index is 9.85. The van der Waals surface area contributed by atoms with Crippen molar-refractivity contribution >= 4 is 37.7 Å². The number of nitrogens with zero attached hydrogens (tertiary/aromatic N) is 14. The van der Waals surface area contributed by atoms with Crippen molar-refractivity contribution in [2.24, 2.45) is 18.1 Å². The molecule has 0 aromatic heterocycles. The Bertz CT molecular complexity index is 1000. The molecule has 266 valence electrons. The van der Waals surface area contributed by atoms with Gasteiger partial charge in [0.1, 0.15) is 7.36 Å². The fourth-order valence-corrected chi connectivity index (χ4v) is 27.1. The van der Waals surface area contributed by atoms with Crippen LogP contribution in [0.15, 0.2) is 18.1 Å². The molecule has 0 bridgehead atoms. The van der Waals surface area contributed by atoms with Gasteiger partial charge in [-0.2, -0.15) is 0 Å². The molecule has 0 atom stereocenters. The first-order valence-electron chi connectivity index (χ1n) is 14.8. The lowest BCUT2D eigenvalue weighted by molar-refractivity contribution is 0.473. The van der Waals surface area contributed by atoms with E-state index in [9.17, 15) is 0 Å². The second-order valence-corrected chi connectivity index (χ2v) is 30.1. The van der Waals surface area contributed by atoms with Crippen molar-refractivity contribution in [2.75, 3.05) is 154 Å². The van der Waals surface area contributed by atoms with Crippen LogP contribution in [0, 0.1) is 0 Å². The van der Waals surface area contributed by atoms with E-state index < -0.39 is 37.7 Å². The Morgan fingerprint density at radius 3 is 0.932 bits per heavy atom. The van der Waals surface area contributed by atoms with Crippen molar-refractivity contribution in [2.45, 2.75) is 13.3 Å². The number of rotatable bonds is 17. The van der Waals surface area contributed by atoms with Crippen LogP contribution >= 0.6 is 37.7 Å². The Hall–Kier alpha value is 0.910. The molecular weight excluding hydrogens is 653 g/mol. The summed E-state index contributed by atoms with van der Waals surface area (Å²) in [5, 5.41) is 3.90. The van der Waals surface area contributed by atoms with E-state index in [1.54, 1.807) is 0 Å². The summed E-state index contributed by atoms with van der Waals surface area (Å²) >= 11 is 0. The molecule has 15 nitrogen and oxygen atoms in total. The lowest BCUT2D eigenvalue weighted by Gasteiger charge is -2.42. The Morgan fingerprint density at radius 1 is 0.432 bits per heavy atom. The van der Waals surface area contributed by atoms with Gasteiger partial charge in [-0.25, -0.2) is 37.4 Å². The maximum absolute atomic E-state index is 6.03. The second kappa shape index (κ2) is 17.5. The normalized spacial score (nSPS) is 14.6. The van der Waals surface area contributed by atoms with E-state index in [1.807, 2.05) is 0 Å². The zero-order valence-corrected chi connectivity index (χ0v) is 36.9. The molecule has 0 unspecified atom stereocenters. The first-order chi connectivity index (χ1) is 19.8. The summed E-state index contributed by atoms with van der Waals surface area (Å²) in [6.45, 7) is 5.25. The summed E-state index contributed by atoms with van der Waals surface area (Å²) in [5.41, 5.74) is 0. The molecule has 0 aliphatic heterocycles. The third kappa shape index (κ3) is 9.32. The van der Waals surface area contributed by atoms with Gasteiger partial charge in [0.25, 0.3) is 0 Å². The molecule has 0 radical (unpaired) electrons. The van der Waals surface area contributed by atoms with Crippen LogP contribution in [0.4, 0.5) is 0 Å². The second-order valence-electron chi connectivity index (χ2n) is 12.8. The molecular formula is C24H71N15P5+. The third-order valence-electron chi connectivity index (χ3n) is 7.44. The van der Waals surface area contributed by atoms with Crippen LogP contribution in [-0.2, 0) is 0 Å². The summed E-state index contributed by atoms with van der Waals surface area (Å²) in [6, 6.07) is 0. The predicted molar refractivity (Wildman–Crippen MR) is 205 cm³/mol. The van der Waals surface area contributed by atoms with Crippen LogP contribution in [-0.4, -0.2) is 201 Å². The van der Waals surface area contributed by atoms with Gasteiger partial charge in [-0.05, 0) is 165 Å². The molecule has 0 fully saturated rings. The minimum atomic E-state index is -3.34. The highest BCUT2D eigenvalue weighted by molar-refractivity contribution is 7.88. The summed E-state index contributed by atoms with van der Waals surface area (Å²) in [6.07, 6.45) is 0.976. The summed E-state index contributed by atoms with van der Waals surface area (Å²) in [5.74, 6) is 0. The van der Waals surface area contributed by atoms with E-state index in [0.29, 0.717) is 0 Å². The molecule has 0 aliphatic rings. The van der Waals surface area contributed by atoms with Crippen LogP contribution in [0.1, 0.15) is 13.3 Å². The minimum absolute atomic E-state index is 0.812. The van der Waals surface area contributed by atoms with Crippen molar-refractivity contribution < 1.29 is 0 Å². The van der Waals surface area contributed by atoms with Gasteiger partial charge >= 0.3 is 7.87 Å². The summed E-state index contributed by atoms with van der Waals surface area (Å²) in [4.78, 5) is 0. The molecule has 0 spiro atoms. The maximum Gasteiger partial charge on any atom is 0.501 e. The number of nitrogens with one attached hydrogen (secondary N) is 1. The molecule has 0 heterocycles. The molecule has 44 heavy (non-hydrogen) atoms. The fourth-order valence-electron chi connectivity index (χ4n) is 5.06. The molecule has 0 aromatic rings. The van der Waals surface area contributed by atoms with Crippen molar-refractivity contribution in [1.82, 2.24) is 51.8 Å². The average molecular weight is 725 g/mol. The van der Waals surface area contributed by atoms with Crippen LogP contribution in [0.3, 0.4) is 0 Å². The first-order valence-corrected chi connectivity index (χ1v) is 23.3. The van der Waals surface area contributed by atoms with Crippen molar-refractivity contribution in [3.8, 4) is 0 Å². The molecule has 0 saturated carbocycles. The summed E-state index contributed by atoms with van der Waals surface area (Å²) in [7, 11) is 28.9. The van der Waals surface area contributed by atoms with Gasteiger partial charge < -0.3 is 0 Å². The van der Waals surface area contributed by atoms with Gasteiger partial charge in [0, 0.05) is 13.2 Å². The van der Waals surface area contributed by atoms with Crippen LogP contribution in [0.2, 0.25) is 0 Å². The van der Waals surface area contributed by atoms with Crippen molar-refractivity contribution in [3.63, 3.8) is 0 Å². The van der Waals surface area contributed by atoms with Crippen LogP contribution in [0.5, 0.6) is 0 Å². The lowest BCUT2D eigenvalue weighted by Crippen LogP contribution is -2.33. The van der Waals surface area contributed by atoms with Crippen LogP contribution in [0.25, 0.3) is 0 Å². The highest BCUT2D eigenvalue weighted by atomic mass is 31.3. The lowest BCUT2D eigenvalue weighted by atomic mass is 10.5. The van der Waals surface area contributed by atoms with Gasteiger partial charge in [0.2, 0.25) is 22.5 Å². The molecule has 0 amide bonds. The zero-order chi connectivity index (χ0) is 35.2. The molecule has 20 heteroatoms. The Morgan fingerprint density at radius 2 is 0.727 bits per heavy atom. The largest absolute Gasteiger partial charge is 0.501 e. The number of hydrogen-bond acceptors (Lipinski definition) is 4. The molecule has 1 N–H and O–H groups in total. The van der Waals surface area contributed by atoms with E-state index in [4.69, 9.17) is 18.1 Å². The quantitative estimate of drug-likeness (QED) is 0.185. The van der Waals surface area contributed by atoms with Gasteiger partial charge in [0.05, 0.1) is 0 Å². The van der Waals surface area contributed by atoms with E-state index in [-0.39, 0.29) is 0 Å². The van der Waals surface area contributed by atoms with Gasteiger partial charge in [-0.3, -0.25) is 14.4 Å². The first kappa shape index (κ1) is 44.9. The Kier molecular flexibility index (Phi) is 17.9. The monoisotopic (exact) mass is 724 g/mol. The topological polar surface area (TPSA) is 93.9 Å². The highest BCUT2D eigenvalue weighted by Gasteiger charge is 2.55. The fraction of sp³-hybridized carbons (Fsp3) is 1.00. The molecule has 0 saturated heterocycles. The summed E-state index contributed by atoms with van der Waals surface area (Å²) < 4.78 is 46.5. The third-order valence-corrected chi connectivity index (χ3v) is 27.9. The molecule has 0 rings (SSSR count). The highest BCUT2D eigenvalue weighted by Crippen LogP contribution is 2.85. The average Bonchev–Trinajstić information content (AvgIpc) is 2.86. The standard InChI is InChI=1S/C24H71N15P5/c1-23-24-25-42(32(6)7,33(8)9)27-41(26-40(22,30(2)3)31(4)5,28-43(34(10)11,35(12)13)36(14)15)29-44(37(16)17,38(18)19)39(20)21/h25H,23-24H2,1-22H3/q+1. The zero-order valence-electron chi connectivity index (χ0n) is 32.4. The smallest absolute Gasteiger partial charge is 0.261 e. The van der Waals surface area contributed by atoms with E-state index >= 15 is 0 Å². The molecule has 0 aromatic carbocycles. The van der Waals surface area contributed by atoms with Gasteiger partial charge in [-0.15, -0.1) is 0 Å². The van der Waals surface area contributed by atoms with Gasteiger partial charge in [-0.1, -0.05) is 6.92 Å². The Labute approximate surface area is 274 Å².